The van der Waals surface area contributed by atoms with Gasteiger partial charge in [-0.3, -0.25) is 0 Å². The Hall–Kier alpha value is -0.620. The van der Waals surface area contributed by atoms with Crippen LogP contribution in [0.5, 0.6) is 0 Å². The van der Waals surface area contributed by atoms with Crippen LogP contribution in [0.3, 0.4) is 0 Å². The molecule has 1 aliphatic heterocycles. The number of ether oxygens (including phenoxy) is 1. The van der Waals surface area contributed by atoms with Gasteiger partial charge in [-0.1, -0.05) is 0 Å². The first kappa shape index (κ1) is 16.4. The molecule has 1 saturated carbocycles. The topological polar surface area (TPSA) is 49.8 Å². The summed E-state index contributed by atoms with van der Waals surface area (Å²) >= 11 is 0. The smallest absolute Gasteiger partial charge is 0.410 e. The fourth-order valence-electron chi connectivity index (χ4n) is 2.84. The Balaban J connectivity index is 0.00000180. The van der Waals surface area contributed by atoms with Gasteiger partial charge in [0.1, 0.15) is 11.2 Å². The highest BCUT2D eigenvalue weighted by atomic mass is 35.5. The highest BCUT2D eigenvalue weighted by Crippen LogP contribution is 2.56. The molecule has 1 spiro atoms. The predicted molar refractivity (Wildman–Crippen MR) is 67.7 cm³/mol. The van der Waals surface area contributed by atoms with Gasteiger partial charge in [-0.05, 0) is 33.6 Å². The average molecular weight is 300 g/mol. The van der Waals surface area contributed by atoms with Crippen LogP contribution in [0.15, 0.2) is 0 Å². The molecule has 112 valence electrons. The normalized spacial score (nSPS) is 23.4. The molecule has 2 aliphatic rings. The van der Waals surface area contributed by atoms with Crippen LogP contribution >= 0.6 is 12.4 Å². The van der Waals surface area contributed by atoms with Crippen molar-refractivity contribution in [2.24, 2.45) is 5.41 Å². The number of halogens is 3. The molecular weight excluding hydrogens is 280 g/mol. The molecule has 2 rings (SSSR count). The number of hydrogen-bond donors (Lipinski definition) is 1. The average Bonchev–Trinajstić information content (AvgIpc) is 2.04. The third-order valence-electron chi connectivity index (χ3n) is 3.47. The zero-order valence-electron chi connectivity index (χ0n) is 11.3. The summed E-state index contributed by atoms with van der Waals surface area (Å²) in [5.74, 6) is 0. The first-order valence-electron chi connectivity index (χ1n) is 6.04. The molecule has 2 fully saturated rings. The molecule has 0 bridgehead atoms. The van der Waals surface area contributed by atoms with E-state index < -0.39 is 23.7 Å². The summed E-state index contributed by atoms with van der Waals surface area (Å²) in [7, 11) is 0. The monoisotopic (exact) mass is 299 g/mol. The van der Waals surface area contributed by atoms with Crippen molar-refractivity contribution in [2.45, 2.75) is 51.2 Å². The second-order valence-electron chi connectivity index (χ2n) is 6.59. The van der Waals surface area contributed by atoms with Crippen molar-refractivity contribution in [1.29, 1.82) is 0 Å². The van der Waals surface area contributed by atoms with Gasteiger partial charge >= 0.3 is 6.09 Å². The summed E-state index contributed by atoms with van der Waals surface area (Å²) in [4.78, 5) is 13.2. The number of rotatable bonds is 1. The molecular formula is C12H20ClF2NO3. The fraction of sp³-hybridized carbons (Fsp3) is 0.917. The Morgan fingerprint density at radius 2 is 1.79 bits per heavy atom. The van der Waals surface area contributed by atoms with Crippen LogP contribution in [-0.2, 0) is 4.74 Å². The van der Waals surface area contributed by atoms with Gasteiger partial charge in [0.2, 0.25) is 0 Å². The van der Waals surface area contributed by atoms with E-state index >= 15 is 0 Å². The van der Waals surface area contributed by atoms with Crippen LogP contribution in [0, 0.1) is 5.41 Å². The van der Waals surface area contributed by atoms with Gasteiger partial charge in [0.05, 0.1) is 0 Å². The lowest BCUT2D eigenvalue weighted by molar-refractivity contribution is -0.235. The molecule has 0 unspecified atom stereocenters. The minimum atomic E-state index is -2.71. The number of aliphatic hydroxyl groups is 1. The summed E-state index contributed by atoms with van der Waals surface area (Å²) in [6.45, 7) is 6.13. The molecule has 1 heterocycles. The molecule has 0 aromatic carbocycles. The van der Waals surface area contributed by atoms with E-state index in [2.05, 4.69) is 0 Å². The minimum Gasteiger partial charge on any atom is -0.444 e. The third kappa shape index (κ3) is 3.11. The van der Waals surface area contributed by atoms with Crippen LogP contribution in [0.1, 0.15) is 33.6 Å². The van der Waals surface area contributed by atoms with E-state index in [-0.39, 0.29) is 30.7 Å². The second kappa shape index (κ2) is 4.74. The Labute approximate surface area is 117 Å². The van der Waals surface area contributed by atoms with Gasteiger partial charge in [0.15, 0.2) is 0 Å². The van der Waals surface area contributed by atoms with Crippen molar-refractivity contribution in [2.75, 3.05) is 13.1 Å². The summed E-state index contributed by atoms with van der Waals surface area (Å²) in [5.41, 5.74) is -2.72. The van der Waals surface area contributed by atoms with Crippen LogP contribution < -0.4 is 0 Å². The molecule has 0 atom stereocenters. The molecule has 1 saturated heterocycles. The largest absolute Gasteiger partial charge is 0.444 e. The highest BCUT2D eigenvalue weighted by Gasteiger charge is 2.64. The zero-order chi connectivity index (χ0) is 13.8. The molecule has 0 radical (unpaired) electrons. The standard InChI is InChI=1S/C12H19F2NO3.ClH/c1-10(2,3)18-9(16)15-6-11(7-15)4-12(17,5-11)8(13)14;/h8,17H,4-7H2,1-3H3;1H. The molecule has 1 N–H and O–H groups in total. The lowest BCUT2D eigenvalue weighted by Gasteiger charge is -2.61. The van der Waals surface area contributed by atoms with E-state index in [0.717, 1.165) is 0 Å². The zero-order valence-corrected chi connectivity index (χ0v) is 12.1. The first-order chi connectivity index (χ1) is 8.05. The quantitative estimate of drug-likeness (QED) is 0.809. The Morgan fingerprint density at radius 3 is 2.16 bits per heavy atom. The van der Waals surface area contributed by atoms with Gasteiger partial charge in [0, 0.05) is 18.5 Å². The number of nitrogens with zero attached hydrogens (tertiary/aromatic N) is 1. The summed E-state index contributed by atoms with van der Waals surface area (Å²) in [6.07, 6.45) is -2.99. The van der Waals surface area contributed by atoms with Crippen molar-refractivity contribution in [1.82, 2.24) is 4.90 Å². The molecule has 1 aliphatic carbocycles. The first-order valence-corrected chi connectivity index (χ1v) is 6.04. The summed E-state index contributed by atoms with van der Waals surface area (Å²) in [6, 6.07) is 0. The van der Waals surface area contributed by atoms with E-state index in [1.54, 1.807) is 20.8 Å². The molecule has 4 nitrogen and oxygen atoms in total. The maximum Gasteiger partial charge on any atom is 0.410 e. The number of hydrogen-bond acceptors (Lipinski definition) is 3. The number of amides is 1. The van der Waals surface area contributed by atoms with Crippen molar-refractivity contribution in [3.8, 4) is 0 Å². The maximum absolute atomic E-state index is 12.5. The third-order valence-corrected chi connectivity index (χ3v) is 3.47. The van der Waals surface area contributed by atoms with Gasteiger partial charge in [-0.15, -0.1) is 12.4 Å². The Morgan fingerprint density at radius 1 is 1.32 bits per heavy atom. The lowest BCUT2D eigenvalue weighted by atomic mass is 9.55. The SMILES string of the molecule is CC(C)(C)OC(=O)N1CC2(C1)CC(O)(C(F)F)C2.Cl. The van der Waals surface area contributed by atoms with Gasteiger partial charge in [0.25, 0.3) is 6.43 Å². The number of carbonyl (C=O) groups excluding carboxylic acids is 1. The van der Waals surface area contributed by atoms with Gasteiger partial charge in [-0.25, -0.2) is 13.6 Å². The lowest BCUT2D eigenvalue weighted by Crippen LogP contribution is -2.70. The second-order valence-corrected chi connectivity index (χ2v) is 6.59. The molecule has 19 heavy (non-hydrogen) atoms. The van der Waals surface area contributed by atoms with E-state index in [0.29, 0.717) is 13.1 Å². The number of alkyl halides is 2. The predicted octanol–water partition coefficient (Wildman–Crippen LogP) is 2.44. The van der Waals surface area contributed by atoms with Crippen LogP contribution in [0.25, 0.3) is 0 Å². The van der Waals surface area contributed by atoms with E-state index in [9.17, 15) is 18.7 Å². The van der Waals surface area contributed by atoms with Crippen molar-refractivity contribution in [3.05, 3.63) is 0 Å². The van der Waals surface area contributed by atoms with Crippen LogP contribution in [-0.4, -0.2) is 46.8 Å². The van der Waals surface area contributed by atoms with E-state index in [1.807, 2.05) is 0 Å². The molecule has 7 heteroatoms. The minimum absolute atomic E-state index is 0. The fourth-order valence-corrected chi connectivity index (χ4v) is 2.84. The van der Waals surface area contributed by atoms with Crippen LogP contribution in [0.2, 0.25) is 0 Å². The van der Waals surface area contributed by atoms with Gasteiger partial charge in [-0.2, -0.15) is 0 Å². The molecule has 1 amide bonds. The molecule has 0 aromatic rings. The van der Waals surface area contributed by atoms with Gasteiger partial charge < -0.3 is 14.7 Å². The van der Waals surface area contributed by atoms with E-state index in [1.165, 1.54) is 4.90 Å². The van der Waals surface area contributed by atoms with Crippen molar-refractivity contribution < 1.29 is 23.4 Å². The summed E-state index contributed by atoms with van der Waals surface area (Å²) < 4.78 is 30.2. The van der Waals surface area contributed by atoms with E-state index in [4.69, 9.17) is 4.74 Å². The highest BCUT2D eigenvalue weighted by molar-refractivity contribution is 5.85. The Kier molecular flexibility index (Phi) is 4.10. The maximum atomic E-state index is 12.5. The van der Waals surface area contributed by atoms with Crippen LogP contribution in [0.4, 0.5) is 13.6 Å². The number of likely N-dealkylation sites (tertiary alicyclic amines) is 1. The van der Waals surface area contributed by atoms with Crippen molar-refractivity contribution in [3.63, 3.8) is 0 Å². The summed E-state index contributed by atoms with van der Waals surface area (Å²) in [5, 5.41) is 9.51. The van der Waals surface area contributed by atoms with Crippen molar-refractivity contribution >= 4 is 18.5 Å². The number of carbonyl (C=O) groups is 1. The molecule has 0 aromatic heterocycles. The Bertz CT molecular complexity index is 356.